The second-order valence-electron chi connectivity index (χ2n) is 11.7. The molecular formula is C28H32N6O5S. The third kappa shape index (κ3) is 4.08. The van der Waals surface area contributed by atoms with Crippen LogP contribution in [-0.4, -0.2) is 87.3 Å². The Kier molecular flexibility index (Phi) is 6.04. The third-order valence-electron chi connectivity index (χ3n) is 8.67. The molecule has 2 aromatic heterocycles. The smallest absolute Gasteiger partial charge is 0.290 e. The Hall–Kier alpha value is -3.77. The predicted octanol–water partition coefficient (Wildman–Crippen LogP) is 2.52. The first kappa shape index (κ1) is 26.5. The summed E-state index contributed by atoms with van der Waals surface area (Å²) >= 11 is 0. The molecule has 3 aliphatic heterocycles. The van der Waals surface area contributed by atoms with Gasteiger partial charge in [0.1, 0.15) is 0 Å². The van der Waals surface area contributed by atoms with Gasteiger partial charge in [0.2, 0.25) is 15.9 Å². The quantitative estimate of drug-likeness (QED) is 0.458. The number of amides is 1. The Bertz CT molecular complexity index is 1640. The fourth-order valence-electron chi connectivity index (χ4n) is 7.00. The Morgan fingerprint density at radius 3 is 2.33 bits per heavy atom. The predicted molar refractivity (Wildman–Crippen MR) is 153 cm³/mol. The highest BCUT2D eigenvalue weighted by Gasteiger charge is 2.54. The van der Waals surface area contributed by atoms with Crippen LogP contribution in [0.4, 0.5) is 17.2 Å². The first-order valence-electron chi connectivity index (χ1n) is 13.2. The summed E-state index contributed by atoms with van der Waals surface area (Å²) in [4.78, 5) is 37.1. The van der Waals surface area contributed by atoms with Gasteiger partial charge in [0.15, 0.2) is 5.82 Å². The van der Waals surface area contributed by atoms with Crippen molar-refractivity contribution in [1.82, 2.24) is 14.9 Å². The normalized spacial score (nSPS) is 20.3. The minimum absolute atomic E-state index is 0.157. The molecule has 3 aromatic rings. The number of carbonyl (C=O) groups excluding carboxylic acids is 1. The van der Waals surface area contributed by atoms with Crippen LogP contribution in [0.2, 0.25) is 0 Å². The molecule has 40 heavy (non-hydrogen) atoms. The van der Waals surface area contributed by atoms with Gasteiger partial charge in [0.05, 0.1) is 34.8 Å². The third-order valence-corrected chi connectivity index (χ3v) is 9.26. The zero-order valence-corrected chi connectivity index (χ0v) is 23.5. The molecule has 2 spiro atoms. The van der Waals surface area contributed by atoms with Crippen molar-refractivity contribution in [1.29, 1.82) is 0 Å². The lowest BCUT2D eigenvalue weighted by molar-refractivity contribution is -0.125. The summed E-state index contributed by atoms with van der Waals surface area (Å²) in [5.74, 6) is 0.822. The second kappa shape index (κ2) is 9.13. The SMILES string of the molecule is CN1CC2(C1)CN(c1ncc(-c3ccc4ncc5c(c4c3)C3(CCC3)C(=O)N5C)cc1NS(C)(=O)=O)C2.O=CO. The van der Waals surface area contributed by atoms with Gasteiger partial charge in [-0.25, -0.2) is 13.4 Å². The standard InChI is InChI=1S/C27H30N6O3S.CH2O2/c1-31-13-26(14-31)15-33(16-26)24-21(30-37(3,35)36)10-18(11-29-24)17-5-6-20-19(9-17)23-22(12-28-20)32(2)25(34)27(23)7-4-8-27;2-1-3/h5-6,9-12,30H,4,7-8,13-16H2,1-3H3;1H,(H,2,3). The molecule has 1 saturated carbocycles. The Labute approximate surface area is 232 Å². The number of carbonyl (C=O) groups is 2. The molecule has 0 atom stereocenters. The van der Waals surface area contributed by atoms with Crippen LogP contribution in [0.25, 0.3) is 22.0 Å². The minimum atomic E-state index is -3.49. The number of likely N-dealkylation sites (N-methyl/N-ethyl adjacent to an activating group) is 1. The summed E-state index contributed by atoms with van der Waals surface area (Å²) in [5.41, 5.74) is 4.88. The minimum Gasteiger partial charge on any atom is -0.483 e. The summed E-state index contributed by atoms with van der Waals surface area (Å²) < 4.78 is 27.2. The highest BCUT2D eigenvalue weighted by atomic mass is 32.2. The van der Waals surface area contributed by atoms with Crippen LogP contribution in [0.3, 0.4) is 0 Å². The summed E-state index contributed by atoms with van der Waals surface area (Å²) in [6.07, 6.45) is 7.55. The van der Waals surface area contributed by atoms with Gasteiger partial charge in [-0.05, 0) is 43.7 Å². The number of sulfonamides is 1. The number of likely N-dealkylation sites (tertiary alicyclic amines) is 1. The Morgan fingerprint density at radius 2 is 1.73 bits per heavy atom. The van der Waals surface area contributed by atoms with Gasteiger partial charge in [0, 0.05) is 61.4 Å². The van der Waals surface area contributed by atoms with Gasteiger partial charge in [-0.15, -0.1) is 0 Å². The van der Waals surface area contributed by atoms with Crippen molar-refractivity contribution in [2.45, 2.75) is 24.7 Å². The topological polar surface area (TPSA) is 136 Å². The monoisotopic (exact) mass is 564 g/mol. The zero-order valence-electron chi connectivity index (χ0n) is 22.7. The van der Waals surface area contributed by atoms with E-state index in [-0.39, 0.29) is 12.4 Å². The number of fused-ring (bicyclic) bond motifs is 4. The number of carboxylic acid groups (broad SMARTS) is 1. The van der Waals surface area contributed by atoms with E-state index in [4.69, 9.17) is 14.9 Å². The number of hydrogen-bond donors (Lipinski definition) is 2. The van der Waals surface area contributed by atoms with Crippen LogP contribution >= 0.6 is 0 Å². The maximum Gasteiger partial charge on any atom is 0.290 e. The lowest BCUT2D eigenvalue weighted by atomic mass is 9.64. The van der Waals surface area contributed by atoms with Crippen molar-refractivity contribution in [3.05, 3.63) is 42.2 Å². The van der Waals surface area contributed by atoms with E-state index in [1.54, 1.807) is 4.90 Å². The molecular weight excluding hydrogens is 532 g/mol. The molecule has 3 fully saturated rings. The molecule has 12 heteroatoms. The van der Waals surface area contributed by atoms with Crippen molar-refractivity contribution in [3.63, 3.8) is 0 Å². The van der Waals surface area contributed by atoms with E-state index in [1.165, 1.54) is 6.26 Å². The molecule has 11 nitrogen and oxygen atoms in total. The number of benzene rings is 1. The van der Waals surface area contributed by atoms with Crippen molar-refractivity contribution >= 4 is 50.5 Å². The van der Waals surface area contributed by atoms with Crippen molar-refractivity contribution in [2.24, 2.45) is 5.41 Å². The van der Waals surface area contributed by atoms with Crippen LogP contribution in [0.5, 0.6) is 0 Å². The maximum atomic E-state index is 13.2. The van der Waals surface area contributed by atoms with E-state index in [9.17, 15) is 13.2 Å². The van der Waals surface area contributed by atoms with Crippen molar-refractivity contribution < 1.29 is 23.1 Å². The maximum absolute atomic E-state index is 13.2. The molecule has 1 amide bonds. The molecule has 1 aliphatic carbocycles. The van der Waals surface area contributed by atoms with Gasteiger partial charge in [-0.1, -0.05) is 12.5 Å². The van der Waals surface area contributed by atoms with Gasteiger partial charge < -0.3 is 19.8 Å². The van der Waals surface area contributed by atoms with Gasteiger partial charge in [-0.2, -0.15) is 0 Å². The lowest BCUT2D eigenvalue weighted by Gasteiger charge is -2.60. The zero-order chi connectivity index (χ0) is 28.4. The highest BCUT2D eigenvalue weighted by Crippen LogP contribution is 2.55. The molecule has 2 saturated heterocycles. The summed E-state index contributed by atoms with van der Waals surface area (Å²) in [5, 5.41) is 7.87. The van der Waals surface area contributed by atoms with E-state index in [2.05, 4.69) is 32.6 Å². The van der Waals surface area contributed by atoms with E-state index in [0.29, 0.717) is 16.9 Å². The highest BCUT2D eigenvalue weighted by molar-refractivity contribution is 7.92. The molecule has 0 bridgehead atoms. The molecule has 4 aliphatic rings. The summed E-state index contributed by atoms with van der Waals surface area (Å²) in [6.45, 7) is 3.62. The van der Waals surface area contributed by atoms with E-state index < -0.39 is 15.4 Å². The van der Waals surface area contributed by atoms with Crippen molar-refractivity contribution in [2.75, 3.05) is 61.1 Å². The lowest BCUT2D eigenvalue weighted by Crippen LogP contribution is -2.71. The Morgan fingerprint density at radius 1 is 1.02 bits per heavy atom. The van der Waals surface area contributed by atoms with Crippen molar-refractivity contribution in [3.8, 4) is 11.1 Å². The largest absolute Gasteiger partial charge is 0.483 e. The molecule has 210 valence electrons. The molecule has 7 rings (SSSR count). The van der Waals surface area contributed by atoms with Crippen LogP contribution in [0.1, 0.15) is 24.8 Å². The molecule has 2 N–H and O–H groups in total. The first-order chi connectivity index (χ1) is 19.0. The van der Waals surface area contributed by atoms with Gasteiger partial charge in [-0.3, -0.25) is 19.3 Å². The van der Waals surface area contributed by atoms with Gasteiger partial charge in [0.25, 0.3) is 6.47 Å². The molecule has 0 radical (unpaired) electrons. The number of anilines is 3. The second-order valence-corrected chi connectivity index (χ2v) is 13.4. The van der Waals surface area contributed by atoms with Crippen LogP contribution < -0.4 is 14.5 Å². The van der Waals surface area contributed by atoms with Gasteiger partial charge >= 0.3 is 0 Å². The average molecular weight is 565 g/mol. The number of aromatic nitrogens is 2. The number of rotatable bonds is 4. The summed E-state index contributed by atoms with van der Waals surface area (Å²) in [7, 11) is 0.461. The number of nitrogens with one attached hydrogen (secondary N) is 1. The van der Waals surface area contributed by atoms with Crippen LogP contribution in [0.15, 0.2) is 36.7 Å². The summed E-state index contributed by atoms with van der Waals surface area (Å²) in [6, 6.07) is 7.91. The molecule has 0 unspecified atom stereocenters. The van der Waals surface area contributed by atoms with Crippen LogP contribution in [-0.2, 0) is 25.0 Å². The average Bonchev–Trinajstić information content (AvgIpc) is 3.07. The fraction of sp³-hybridized carbons (Fsp3) is 0.429. The number of pyridine rings is 2. The Balaban J connectivity index is 0.000000925. The molecule has 1 aromatic carbocycles. The fourth-order valence-corrected chi connectivity index (χ4v) is 7.55. The number of nitrogens with zero attached hydrogens (tertiary/aromatic N) is 5. The number of hydrogen-bond acceptors (Lipinski definition) is 8. The van der Waals surface area contributed by atoms with E-state index in [0.717, 1.165) is 78.7 Å². The van der Waals surface area contributed by atoms with Crippen LogP contribution in [0, 0.1) is 5.41 Å². The van der Waals surface area contributed by atoms with E-state index in [1.807, 2.05) is 37.6 Å². The first-order valence-corrected chi connectivity index (χ1v) is 15.1. The van der Waals surface area contributed by atoms with E-state index >= 15 is 0 Å². The molecule has 5 heterocycles.